The van der Waals surface area contributed by atoms with Crippen molar-refractivity contribution in [3.8, 4) is 11.3 Å². The third kappa shape index (κ3) is 3.35. The summed E-state index contributed by atoms with van der Waals surface area (Å²) in [5.41, 5.74) is 3.91. The number of aryl methyl sites for hydroxylation is 1. The summed E-state index contributed by atoms with van der Waals surface area (Å²) < 4.78 is 6.08. The molecule has 1 heterocycles. The second-order valence-electron chi connectivity index (χ2n) is 5.95. The zero-order valence-corrected chi connectivity index (χ0v) is 14.5. The van der Waals surface area contributed by atoms with Gasteiger partial charge >= 0.3 is 0 Å². The van der Waals surface area contributed by atoms with Gasteiger partial charge in [0.25, 0.3) is 0 Å². The van der Waals surface area contributed by atoms with E-state index in [2.05, 4.69) is 19.1 Å². The minimum atomic E-state index is 0.703. The normalized spacial score (nSPS) is 11.8. The van der Waals surface area contributed by atoms with E-state index < -0.39 is 0 Å². The molecule has 0 saturated carbocycles. The van der Waals surface area contributed by atoms with Crippen molar-refractivity contribution in [1.82, 2.24) is 0 Å². The molecule has 0 bridgehead atoms. The second-order valence-corrected chi connectivity index (χ2v) is 6.38. The molecule has 4 aromatic rings. The maximum absolute atomic E-state index is 6.08. The van der Waals surface area contributed by atoms with E-state index in [-0.39, 0.29) is 0 Å². The Morgan fingerprint density at radius 2 is 1.56 bits per heavy atom. The molecule has 0 atom stereocenters. The van der Waals surface area contributed by atoms with Gasteiger partial charge in [-0.25, -0.2) is 4.99 Å². The highest BCUT2D eigenvalue weighted by molar-refractivity contribution is 6.30. The number of para-hydroxylation sites is 1. The monoisotopic (exact) mass is 345 g/mol. The van der Waals surface area contributed by atoms with Crippen LogP contribution in [0.3, 0.4) is 0 Å². The lowest BCUT2D eigenvalue weighted by Gasteiger charge is -2.05. The zero-order chi connectivity index (χ0) is 17.2. The van der Waals surface area contributed by atoms with Gasteiger partial charge in [-0.3, -0.25) is 0 Å². The van der Waals surface area contributed by atoms with Crippen LogP contribution in [0.4, 0.5) is 5.69 Å². The van der Waals surface area contributed by atoms with Crippen LogP contribution in [0.2, 0.25) is 5.02 Å². The van der Waals surface area contributed by atoms with E-state index in [0.717, 1.165) is 33.3 Å². The quantitative estimate of drug-likeness (QED) is 0.419. The third-order valence-electron chi connectivity index (χ3n) is 4.06. The summed E-state index contributed by atoms with van der Waals surface area (Å²) >= 11 is 6.00. The Morgan fingerprint density at radius 1 is 0.840 bits per heavy atom. The molecule has 0 amide bonds. The number of hydrogen-bond acceptors (Lipinski definition) is 2. The van der Waals surface area contributed by atoms with Crippen LogP contribution in [0.1, 0.15) is 5.56 Å². The molecule has 1 aromatic heterocycles. The van der Waals surface area contributed by atoms with Gasteiger partial charge in [-0.1, -0.05) is 41.4 Å². The number of benzene rings is 3. The Hall–Kier alpha value is -2.84. The largest absolute Gasteiger partial charge is 0.456 e. The molecule has 0 N–H and O–H groups in total. The minimum Gasteiger partial charge on any atom is -0.456 e. The molecule has 0 aliphatic heterocycles. The van der Waals surface area contributed by atoms with E-state index in [1.807, 2.05) is 66.7 Å². The fourth-order valence-corrected chi connectivity index (χ4v) is 2.85. The molecular formula is C22H16ClNO. The van der Waals surface area contributed by atoms with Gasteiger partial charge in [0.1, 0.15) is 11.3 Å². The molecule has 4 rings (SSSR count). The predicted molar refractivity (Wildman–Crippen MR) is 103 cm³/mol. The number of halogens is 1. The lowest BCUT2D eigenvalue weighted by atomic mass is 10.1. The average Bonchev–Trinajstić information content (AvgIpc) is 2.64. The molecule has 122 valence electrons. The van der Waals surface area contributed by atoms with Crippen molar-refractivity contribution < 1.29 is 4.42 Å². The van der Waals surface area contributed by atoms with E-state index in [0.29, 0.717) is 5.02 Å². The number of nitrogens with zero attached hydrogens (tertiary/aromatic N) is 1. The fraction of sp³-hybridized carbons (Fsp3) is 0.0455. The summed E-state index contributed by atoms with van der Waals surface area (Å²) in [5, 5.41) is 2.57. The SMILES string of the molecule is Cc1ccc(N=c2cc(-c3ccc(Cl)cc3)oc3ccccc23)cc1. The first-order chi connectivity index (χ1) is 12.2. The second kappa shape index (κ2) is 6.58. The molecule has 0 saturated heterocycles. The van der Waals surface area contributed by atoms with Crippen molar-refractivity contribution in [1.29, 1.82) is 0 Å². The highest BCUT2D eigenvalue weighted by Crippen LogP contribution is 2.24. The van der Waals surface area contributed by atoms with Crippen LogP contribution >= 0.6 is 11.6 Å². The summed E-state index contributed by atoms with van der Waals surface area (Å²) in [6, 6.07) is 25.7. The van der Waals surface area contributed by atoms with Crippen LogP contribution in [0.15, 0.2) is 88.3 Å². The van der Waals surface area contributed by atoms with Gasteiger partial charge < -0.3 is 4.42 Å². The lowest BCUT2D eigenvalue weighted by molar-refractivity contribution is 0.618. The van der Waals surface area contributed by atoms with Crippen molar-refractivity contribution in [3.63, 3.8) is 0 Å². The van der Waals surface area contributed by atoms with Gasteiger partial charge in [-0.2, -0.15) is 0 Å². The summed E-state index contributed by atoms with van der Waals surface area (Å²) in [6.07, 6.45) is 0. The van der Waals surface area contributed by atoms with Crippen LogP contribution in [0, 0.1) is 6.92 Å². The molecule has 0 unspecified atom stereocenters. The van der Waals surface area contributed by atoms with Crippen molar-refractivity contribution in [2.75, 3.05) is 0 Å². The van der Waals surface area contributed by atoms with Gasteiger partial charge in [0.2, 0.25) is 0 Å². The average molecular weight is 346 g/mol. The van der Waals surface area contributed by atoms with E-state index in [9.17, 15) is 0 Å². The Morgan fingerprint density at radius 3 is 2.32 bits per heavy atom. The van der Waals surface area contributed by atoms with Gasteiger partial charge in [-0.05, 0) is 55.5 Å². The Labute approximate surface area is 151 Å². The van der Waals surface area contributed by atoms with E-state index in [4.69, 9.17) is 21.0 Å². The van der Waals surface area contributed by atoms with Crippen LogP contribution in [0.25, 0.3) is 22.3 Å². The highest BCUT2D eigenvalue weighted by Gasteiger charge is 2.06. The van der Waals surface area contributed by atoms with Gasteiger partial charge in [0.15, 0.2) is 0 Å². The maximum Gasteiger partial charge on any atom is 0.136 e. The molecule has 0 aliphatic rings. The molecule has 25 heavy (non-hydrogen) atoms. The Kier molecular flexibility index (Phi) is 4.12. The predicted octanol–water partition coefficient (Wildman–Crippen LogP) is 6.29. The van der Waals surface area contributed by atoms with E-state index >= 15 is 0 Å². The molecule has 2 nitrogen and oxygen atoms in total. The van der Waals surface area contributed by atoms with Crippen molar-refractivity contribution >= 4 is 28.3 Å². The summed E-state index contributed by atoms with van der Waals surface area (Å²) in [6.45, 7) is 2.07. The summed E-state index contributed by atoms with van der Waals surface area (Å²) in [4.78, 5) is 4.83. The van der Waals surface area contributed by atoms with E-state index in [1.54, 1.807) is 0 Å². The molecule has 3 aromatic carbocycles. The number of fused-ring (bicyclic) bond motifs is 1. The molecule has 0 fully saturated rings. The van der Waals surface area contributed by atoms with Gasteiger partial charge in [-0.15, -0.1) is 0 Å². The summed E-state index contributed by atoms with van der Waals surface area (Å²) in [5.74, 6) is 0.765. The first-order valence-electron chi connectivity index (χ1n) is 8.09. The summed E-state index contributed by atoms with van der Waals surface area (Å²) in [7, 11) is 0. The maximum atomic E-state index is 6.08. The smallest absolute Gasteiger partial charge is 0.136 e. The number of rotatable bonds is 2. The lowest BCUT2D eigenvalue weighted by Crippen LogP contribution is -2.03. The highest BCUT2D eigenvalue weighted by atomic mass is 35.5. The van der Waals surface area contributed by atoms with Gasteiger partial charge in [0.05, 0.1) is 11.0 Å². The molecule has 0 spiro atoms. The Bertz CT molecular complexity index is 1090. The topological polar surface area (TPSA) is 25.5 Å². The third-order valence-corrected chi connectivity index (χ3v) is 4.31. The van der Waals surface area contributed by atoms with Crippen LogP contribution in [0.5, 0.6) is 0 Å². The van der Waals surface area contributed by atoms with E-state index in [1.165, 1.54) is 5.56 Å². The van der Waals surface area contributed by atoms with Crippen molar-refractivity contribution in [2.24, 2.45) is 4.99 Å². The van der Waals surface area contributed by atoms with Crippen LogP contribution < -0.4 is 5.36 Å². The minimum absolute atomic E-state index is 0.703. The molecule has 0 radical (unpaired) electrons. The molecular weight excluding hydrogens is 330 g/mol. The fourth-order valence-electron chi connectivity index (χ4n) is 2.72. The first-order valence-corrected chi connectivity index (χ1v) is 8.47. The standard InChI is InChI=1S/C22H16ClNO/c1-15-6-12-18(13-7-15)24-20-14-22(16-8-10-17(23)11-9-16)25-21-5-3-2-4-19(20)21/h2-14H,1H3. The zero-order valence-electron chi connectivity index (χ0n) is 13.7. The molecule has 3 heteroatoms. The molecule has 0 aliphatic carbocycles. The first kappa shape index (κ1) is 15.7. The van der Waals surface area contributed by atoms with Crippen molar-refractivity contribution in [2.45, 2.75) is 6.92 Å². The Balaban J connectivity index is 1.95. The van der Waals surface area contributed by atoms with Crippen LogP contribution in [-0.2, 0) is 0 Å². The van der Waals surface area contributed by atoms with Crippen LogP contribution in [-0.4, -0.2) is 0 Å². The number of hydrogen-bond donors (Lipinski definition) is 0. The van der Waals surface area contributed by atoms with Gasteiger partial charge in [0, 0.05) is 22.0 Å². The van der Waals surface area contributed by atoms with Crippen molar-refractivity contribution in [3.05, 3.63) is 94.8 Å².